The molecule has 0 aliphatic carbocycles. The van der Waals surface area contributed by atoms with Crippen LogP contribution in [0, 0.1) is 0 Å². The van der Waals surface area contributed by atoms with Gasteiger partial charge in [0, 0.05) is 25.3 Å². The van der Waals surface area contributed by atoms with Crippen molar-refractivity contribution in [1.29, 1.82) is 0 Å². The van der Waals surface area contributed by atoms with E-state index >= 15 is 0 Å². The van der Waals surface area contributed by atoms with Crippen LogP contribution in [-0.2, 0) is 0 Å². The van der Waals surface area contributed by atoms with Crippen LogP contribution in [0.3, 0.4) is 0 Å². The molecule has 21 heavy (non-hydrogen) atoms. The predicted octanol–water partition coefficient (Wildman–Crippen LogP) is 4.01. The van der Waals surface area contributed by atoms with Gasteiger partial charge in [-0.3, -0.25) is 0 Å². The molecule has 0 saturated heterocycles. The van der Waals surface area contributed by atoms with Gasteiger partial charge in [0.15, 0.2) is 0 Å². The summed E-state index contributed by atoms with van der Waals surface area (Å²) in [7, 11) is 1.83. The molecule has 1 atom stereocenters. The van der Waals surface area contributed by atoms with Crippen molar-refractivity contribution in [3.63, 3.8) is 0 Å². The molecule has 118 valence electrons. The monoisotopic (exact) mass is 291 g/mol. The van der Waals surface area contributed by atoms with Gasteiger partial charge >= 0.3 is 6.03 Å². The zero-order valence-corrected chi connectivity index (χ0v) is 13.8. The molecule has 0 aliphatic rings. The zero-order valence-electron chi connectivity index (χ0n) is 13.8. The first kappa shape index (κ1) is 17.5. The van der Waals surface area contributed by atoms with Crippen molar-refractivity contribution in [2.45, 2.75) is 46.1 Å². The lowest BCUT2D eigenvalue weighted by molar-refractivity contribution is 0.222. The summed E-state index contributed by atoms with van der Waals surface area (Å²) in [5, 5.41) is 6.38. The van der Waals surface area contributed by atoms with Crippen molar-refractivity contribution in [3.8, 4) is 0 Å². The molecule has 0 aliphatic heterocycles. The molecule has 0 radical (unpaired) electrons. The van der Waals surface area contributed by atoms with Gasteiger partial charge in [0.1, 0.15) is 0 Å². The first-order chi connectivity index (χ1) is 10.1. The summed E-state index contributed by atoms with van der Waals surface area (Å²) in [4.78, 5) is 13.7. The van der Waals surface area contributed by atoms with E-state index in [9.17, 15) is 4.79 Å². The Bertz CT molecular complexity index is 417. The van der Waals surface area contributed by atoms with Gasteiger partial charge in [-0.05, 0) is 44.0 Å². The van der Waals surface area contributed by atoms with Crippen LogP contribution in [0.15, 0.2) is 24.3 Å². The fourth-order valence-corrected chi connectivity index (χ4v) is 2.05. The largest absolute Gasteiger partial charge is 0.328 e. The molecule has 0 bridgehead atoms. The molecule has 1 aromatic carbocycles. The van der Waals surface area contributed by atoms with Gasteiger partial charge < -0.3 is 15.5 Å². The summed E-state index contributed by atoms with van der Waals surface area (Å²) in [6, 6.07) is 8.34. The van der Waals surface area contributed by atoms with Crippen molar-refractivity contribution in [3.05, 3.63) is 29.8 Å². The van der Waals surface area contributed by atoms with E-state index in [1.165, 1.54) is 5.56 Å². The zero-order chi connectivity index (χ0) is 15.7. The molecule has 4 heteroatoms. The van der Waals surface area contributed by atoms with Crippen LogP contribution in [0.4, 0.5) is 10.5 Å². The van der Waals surface area contributed by atoms with Crippen molar-refractivity contribution in [1.82, 2.24) is 10.2 Å². The number of carbonyl (C=O) groups excluding carboxylic acids is 1. The van der Waals surface area contributed by atoms with Crippen LogP contribution in [0.2, 0.25) is 0 Å². The van der Waals surface area contributed by atoms with Crippen LogP contribution in [0.5, 0.6) is 0 Å². The minimum absolute atomic E-state index is 0.0478. The maximum Gasteiger partial charge on any atom is 0.321 e. The van der Waals surface area contributed by atoms with Crippen LogP contribution < -0.4 is 10.6 Å². The number of carbonyl (C=O) groups is 1. The predicted molar refractivity (Wildman–Crippen MR) is 89.7 cm³/mol. The Hall–Kier alpha value is -1.55. The van der Waals surface area contributed by atoms with E-state index in [0.29, 0.717) is 6.04 Å². The third-order valence-corrected chi connectivity index (χ3v) is 3.56. The number of unbranched alkanes of at least 4 members (excludes halogenated alkanes) is 1. The fraction of sp³-hybridized carbons (Fsp3) is 0.588. The van der Waals surface area contributed by atoms with E-state index in [4.69, 9.17) is 0 Å². The maximum absolute atomic E-state index is 12.0. The van der Waals surface area contributed by atoms with Crippen LogP contribution in [0.25, 0.3) is 0 Å². The van der Waals surface area contributed by atoms with Gasteiger partial charge in [0.2, 0.25) is 0 Å². The van der Waals surface area contributed by atoms with E-state index in [0.717, 1.165) is 38.0 Å². The Balaban J connectivity index is 2.52. The number of hydrogen-bond donors (Lipinski definition) is 2. The molecular formula is C17H29N3O. The van der Waals surface area contributed by atoms with E-state index in [1.54, 1.807) is 4.90 Å². The number of anilines is 1. The summed E-state index contributed by atoms with van der Waals surface area (Å²) in [5.74, 6) is 0. The standard InChI is InChI=1S/C17H29N3O/c1-5-7-13-20(4)17(21)19-16-10-8-15(9-11-16)14(3)18-12-6-2/h8-11,14,18H,5-7,12-13H2,1-4H3,(H,19,21). The van der Waals surface area contributed by atoms with Crippen molar-refractivity contribution >= 4 is 11.7 Å². The normalized spacial score (nSPS) is 12.0. The summed E-state index contributed by atoms with van der Waals surface area (Å²) < 4.78 is 0. The van der Waals surface area contributed by atoms with Crippen LogP contribution in [0.1, 0.15) is 51.6 Å². The van der Waals surface area contributed by atoms with Gasteiger partial charge in [0.05, 0.1) is 0 Å². The Labute approximate surface area is 128 Å². The van der Waals surface area contributed by atoms with Gasteiger partial charge in [-0.25, -0.2) is 4.79 Å². The smallest absolute Gasteiger partial charge is 0.321 e. The first-order valence-electron chi connectivity index (χ1n) is 7.94. The second-order valence-corrected chi connectivity index (χ2v) is 5.50. The molecule has 0 saturated carbocycles. The number of rotatable bonds is 8. The molecule has 0 heterocycles. The van der Waals surface area contributed by atoms with Crippen molar-refractivity contribution < 1.29 is 4.79 Å². The average Bonchev–Trinajstić information content (AvgIpc) is 2.50. The molecule has 0 fully saturated rings. The molecule has 1 unspecified atom stereocenters. The highest BCUT2D eigenvalue weighted by atomic mass is 16.2. The van der Waals surface area contributed by atoms with Gasteiger partial charge in [0.25, 0.3) is 0 Å². The number of hydrogen-bond acceptors (Lipinski definition) is 2. The van der Waals surface area contributed by atoms with E-state index in [1.807, 2.05) is 19.2 Å². The highest BCUT2D eigenvalue weighted by molar-refractivity contribution is 5.89. The number of urea groups is 1. The van der Waals surface area contributed by atoms with Crippen molar-refractivity contribution in [2.24, 2.45) is 0 Å². The molecule has 0 spiro atoms. The second kappa shape index (κ2) is 9.40. The third kappa shape index (κ3) is 6.17. The number of nitrogens with one attached hydrogen (secondary N) is 2. The summed E-state index contributed by atoms with van der Waals surface area (Å²) in [6.45, 7) is 8.24. The quantitative estimate of drug-likeness (QED) is 0.760. The van der Waals surface area contributed by atoms with Gasteiger partial charge in [-0.2, -0.15) is 0 Å². The lowest BCUT2D eigenvalue weighted by atomic mass is 10.1. The minimum Gasteiger partial charge on any atom is -0.328 e. The first-order valence-corrected chi connectivity index (χ1v) is 7.94. The number of benzene rings is 1. The minimum atomic E-state index is -0.0478. The Morgan fingerprint density at radius 1 is 1.19 bits per heavy atom. The Kier molecular flexibility index (Phi) is 7.83. The molecule has 0 aromatic heterocycles. The highest BCUT2D eigenvalue weighted by Crippen LogP contribution is 2.16. The third-order valence-electron chi connectivity index (χ3n) is 3.56. The number of amides is 2. The van der Waals surface area contributed by atoms with E-state index < -0.39 is 0 Å². The molecule has 2 amide bonds. The lowest BCUT2D eigenvalue weighted by Crippen LogP contribution is -2.32. The topological polar surface area (TPSA) is 44.4 Å². The summed E-state index contributed by atoms with van der Waals surface area (Å²) >= 11 is 0. The van der Waals surface area contributed by atoms with E-state index in [2.05, 4.69) is 43.5 Å². The molecule has 1 aromatic rings. The van der Waals surface area contributed by atoms with Gasteiger partial charge in [-0.15, -0.1) is 0 Å². The molecule has 1 rings (SSSR count). The van der Waals surface area contributed by atoms with Gasteiger partial charge in [-0.1, -0.05) is 32.4 Å². The maximum atomic E-state index is 12.0. The second-order valence-electron chi connectivity index (χ2n) is 5.50. The Morgan fingerprint density at radius 2 is 1.86 bits per heavy atom. The lowest BCUT2D eigenvalue weighted by Gasteiger charge is -2.18. The average molecular weight is 291 g/mol. The molecule has 4 nitrogen and oxygen atoms in total. The number of nitrogens with zero attached hydrogens (tertiary/aromatic N) is 1. The highest BCUT2D eigenvalue weighted by Gasteiger charge is 2.09. The van der Waals surface area contributed by atoms with Crippen LogP contribution >= 0.6 is 0 Å². The summed E-state index contributed by atoms with van der Waals surface area (Å²) in [5.41, 5.74) is 2.08. The fourth-order valence-electron chi connectivity index (χ4n) is 2.05. The van der Waals surface area contributed by atoms with Crippen molar-refractivity contribution in [2.75, 3.05) is 25.5 Å². The van der Waals surface area contributed by atoms with E-state index in [-0.39, 0.29) is 6.03 Å². The molecule has 2 N–H and O–H groups in total. The Morgan fingerprint density at radius 3 is 2.43 bits per heavy atom. The summed E-state index contributed by atoms with van der Waals surface area (Å²) in [6.07, 6.45) is 3.25. The van der Waals surface area contributed by atoms with Crippen LogP contribution in [-0.4, -0.2) is 31.1 Å². The molecular weight excluding hydrogens is 262 g/mol. The SMILES string of the molecule is CCCCN(C)C(=O)Nc1ccc(C(C)NCCC)cc1.